The Morgan fingerprint density at radius 2 is 0.744 bits per heavy atom. The summed E-state index contributed by atoms with van der Waals surface area (Å²) in [5.74, 6) is -16.8. The van der Waals surface area contributed by atoms with Crippen molar-refractivity contribution in [3.05, 3.63) is 0 Å². The zero-order valence-corrected chi connectivity index (χ0v) is 68.4. The average molecular weight is 1790 g/mol. The average Bonchev–Trinajstić information content (AvgIpc) is 1.81. The first kappa shape index (κ1) is 101. The number of imide groups is 2. The Bertz CT molecular complexity index is 3680. The number of hydrogen-bond acceptors (Lipinski definition) is 37. The molecular weight excluding hydrogens is 1680 g/mol. The molecule has 19 unspecified atom stereocenters. The number of ether oxygens (including phenoxy) is 6. The number of nitrogens with one attached hydrogen (secondary N) is 12. The van der Waals surface area contributed by atoms with E-state index in [1.54, 1.807) is 0 Å². The molecule has 0 aliphatic carbocycles. The highest BCUT2D eigenvalue weighted by Gasteiger charge is 2.50. The van der Waals surface area contributed by atoms with E-state index in [9.17, 15) is 142 Å². The molecule has 23 N–H and O–H groups in total. The van der Waals surface area contributed by atoms with Crippen LogP contribution in [-0.2, 0) is 115 Å². The van der Waals surface area contributed by atoms with E-state index >= 15 is 0 Å². The van der Waals surface area contributed by atoms with Crippen molar-refractivity contribution in [3.63, 3.8) is 0 Å². The van der Waals surface area contributed by atoms with Gasteiger partial charge in [-0.3, -0.25) is 96.1 Å². The van der Waals surface area contributed by atoms with Crippen LogP contribution in [0.2, 0.25) is 0 Å². The molecule has 6 rings (SSSR count). The van der Waals surface area contributed by atoms with Crippen LogP contribution in [0.15, 0.2) is 0 Å². The fourth-order valence-electron chi connectivity index (χ4n) is 12.8. The molecule has 680 valence electrons. The lowest BCUT2D eigenvalue weighted by Crippen LogP contribution is -2.64. The molecule has 0 bridgehead atoms. The van der Waals surface area contributed by atoms with Crippen LogP contribution in [-0.4, -0.2) is 425 Å². The summed E-state index contributed by atoms with van der Waals surface area (Å²) < 4.78 is 33.2. The molecule has 0 radical (unpaired) electrons. The monoisotopic (exact) mass is 1790 g/mol. The molecule has 6 heterocycles. The Kier molecular flexibility index (Phi) is 41.4. The van der Waals surface area contributed by atoms with E-state index in [0.717, 1.165) is 65.9 Å². The normalized spacial score (nSPS) is 27.9. The molecule has 6 aliphatic rings. The summed E-state index contributed by atoms with van der Waals surface area (Å²) in [5.41, 5.74) is 0. The number of likely N-dealkylation sites (tertiary alicyclic amines) is 3. The van der Waals surface area contributed by atoms with E-state index < -0.39 is 334 Å². The number of amides is 17. The Morgan fingerprint density at radius 3 is 1.07 bits per heavy atom. The maximum atomic E-state index is 14.2. The molecule has 6 aliphatic heterocycles. The van der Waals surface area contributed by atoms with Gasteiger partial charge in [-0.1, -0.05) is 0 Å². The van der Waals surface area contributed by atoms with Crippen molar-refractivity contribution in [3.8, 4) is 0 Å². The molecule has 0 aromatic heterocycles. The molecule has 17 amide bonds. The van der Waals surface area contributed by atoms with Gasteiger partial charge in [0.25, 0.3) is 0 Å². The van der Waals surface area contributed by atoms with Gasteiger partial charge in [0, 0.05) is 123 Å². The number of carbonyl (C=O) groups excluding carboxylic acids is 17. The minimum atomic E-state index is -1.77. The maximum Gasteiger partial charge on any atom is 0.322 e. The molecular formula is C68H105N15O35S3. The fraction of sp³-hybridized carbons (Fsp3) is 0.735. The predicted molar refractivity (Wildman–Crippen MR) is 409 cm³/mol. The van der Waals surface area contributed by atoms with E-state index in [2.05, 4.69) is 63.8 Å². The van der Waals surface area contributed by atoms with E-state index in [0.29, 0.717) is 11.8 Å². The van der Waals surface area contributed by atoms with Gasteiger partial charge in [-0.2, -0.15) is 11.8 Å². The first-order valence-corrected chi connectivity index (χ1v) is 41.2. The summed E-state index contributed by atoms with van der Waals surface area (Å²) in [6.07, 6.45) is -21.6. The standard InChI is InChI=1S/C68H105N15O35S3/c1-29(87)75-33(26-119-39-17-47(96)81(63(39)110)11-5-42(91)69-8-14-113-66-51(76-30(2)88)57(104)54(101)36(23-84)116-66)60(107)72-20-45(94)79-34(27-120-40-18-48(97)82(64(40)111)12-6-43(92)70-9-15-114-67-52(77-31(3)89)58(105)55(102)37(24-85)117-67)61(108)73-21-46(95)80-35(62(109)74-22-50(99)100)28-121-41-19-49(98)83(65(41)112)13-7-44(93)71-10-16-115-68-53(78-32(4)90)59(106)56(103)38(25-86)118-68/h33-41,51-59,65-68,84-86,101-106,112H,5-28H2,1-4H3,(H,69,91)(H,70,92)(H,71,93)(H,72,107)(H,73,108)(H,74,109)(H,75,87)(H,76,88)(H,77,89)(H,78,90)(H,79,94)(H,80,95)(H,99,100)/t33-,34-,35-,36?,37?,38?,39?,40?,41?,51?,52?,53?,54?,55?,56?,57?,58?,59?,65?,66?,67?,68?/m0/s1. The lowest BCUT2D eigenvalue weighted by atomic mass is 9.97. The van der Waals surface area contributed by atoms with Gasteiger partial charge in [-0.15, -0.1) is 23.5 Å². The molecule has 0 aromatic rings. The van der Waals surface area contributed by atoms with E-state index in [4.69, 9.17) is 28.4 Å². The highest BCUT2D eigenvalue weighted by molar-refractivity contribution is 8.01. The molecule has 121 heavy (non-hydrogen) atoms. The van der Waals surface area contributed by atoms with Crippen molar-refractivity contribution >= 4 is 142 Å². The Morgan fingerprint density at radius 1 is 0.413 bits per heavy atom. The first-order chi connectivity index (χ1) is 57.3. The van der Waals surface area contributed by atoms with Crippen molar-refractivity contribution in [2.45, 2.75) is 198 Å². The van der Waals surface area contributed by atoms with Crippen LogP contribution in [0, 0.1) is 0 Å². The molecule has 6 fully saturated rings. The molecule has 6 saturated heterocycles. The Labute approximate surface area is 702 Å². The lowest BCUT2D eigenvalue weighted by molar-refractivity contribution is -0.269. The van der Waals surface area contributed by atoms with E-state index in [1.807, 2.05) is 0 Å². The van der Waals surface area contributed by atoms with Gasteiger partial charge < -0.3 is 153 Å². The van der Waals surface area contributed by atoms with Crippen LogP contribution in [0.1, 0.15) is 66.2 Å². The smallest absolute Gasteiger partial charge is 0.322 e. The van der Waals surface area contributed by atoms with E-state index in [1.165, 1.54) is 0 Å². The number of thioether (sulfide) groups is 3. The van der Waals surface area contributed by atoms with Crippen LogP contribution in [0.3, 0.4) is 0 Å². The van der Waals surface area contributed by atoms with Gasteiger partial charge in [0.2, 0.25) is 100 Å². The number of aliphatic hydroxyl groups is 10. The van der Waals surface area contributed by atoms with Gasteiger partial charge in [0.05, 0.1) is 68.5 Å². The molecule has 50 nitrogen and oxygen atoms in total. The maximum absolute atomic E-state index is 14.2. The number of carboxylic acids is 1. The molecule has 0 spiro atoms. The number of hydrogen-bond donors (Lipinski definition) is 23. The number of carboxylic acid groups (broad SMARTS) is 1. The topological polar surface area (TPSA) is 739 Å². The summed E-state index contributed by atoms with van der Waals surface area (Å²) in [4.78, 5) is 236. The SMILES string of the molecule is CC(=O)NC1C(OCCNC(=O)CCN2C(=O)CC(SC[C@H](NC(C)=O)C(=O)NCC(=O)N[C@@H](CSC3CC(=O)N(CCC(=O)NCCOC4OC(CO)C(O)C(O)C4NC(C)=O)C3=O)C(=O)NCC(=O)N[C@@H](CSC3CC(=O)N(CCC(=O)NCCOC4OC(CO)C(O)C(O)C4NC(C)=O)C3O)C(=O)NCC(=O)O)C2=O)OC(CO)C(O)C1O. The third-order valence-electron chi connectivity index (χ3n) is 19.0. The summed E-state index contributed by atoms with van der Waals surface area (Å²) in [7, 11) is 0. The third kappa shape index (κ3) is 30.9. The fourth-order valence-corrected chi connectivity index (χ4v) is 16.5. The second-order valence-electron chi connectivity index (χ2n) is 28.1. The number of nitrogens with zero attached hydrogens (tertiary/aromatic N) is 3. The number of rotatable bonds is 48. The predicted octanol–water partition coefficient (Wildman–Crippen LogP) is -15.3. The van der Waals surface area contributed by atoms with Crippen molar-refractivity contribution < 1.29 is 171 Å². The Balaban J connectivity index is 1.04. The molecule has 22 atom stereocenters. The highest BCUT2D eigenvalue weighted by atomic mass is 32.2. The van der Waals surface area contributed by atoms with Crippen LogP contribution >= 0.6 is 35.3 Å². The van der Waals surface area contributed by atoms with Gasteiger partial charge >= 0.3 is 5.97 Å². The Hall–Kier alpha value is -8.73. The number of carbonyl (C=O) groups is 18. The summed E-state index contributed by atoms with van der Waals surface area (Å²) in [6, 6.07) is -8.74. The van der Waals surface area contributed by atoms with Crippen LogP contribution < -0.4 is 63.8 Å². The summed E-state index contributed by atoms with van der Waals surface area (Å²) in [5, 5.41) is 137. The van der Waals surface area contributed by atoms with Gasteiger partial charge in [-0.05, 0) is 0 Å². The molecule has 0 saturated carbocycles. The zero-order chi connectivity index (χ0) is 89.6. The minimum absolute atomic E-state index is 0.185. The molecule has 53 heteroatoms. The number of aliphatic carboxylic acids is 1. The van der Waals surface area contributed by atoms with Crippen molar-refractivity contribution in [1.82, 2.24) is 78.5 Å². The van der Waals surface area contributed by atoms with Crippen molar-refractivity contribution in [1.29, 1.82) is 0 Å². The van der Waals surface area contributed by atoms with Crippen molar-refractivity contribution in [2.24, 2.45) is 0 Å². The zero-order valence-electron chi connectivity index (χ0n) is 66.0. The van der Waals surface area contributed by atoms with Crippen LogP contribution in [0.25, 0.3) is 0 Å². The summed E-state index contributed by atoms with van der Waals surface area (Å²) >= 11 is 2.20. The first-order valence-electron chi connectivity index (χ1n) is 38.0. The van der Waals surface area contributed by atoms with Crippen LogP contribution in [0.4, 0.5) is 0 Å². The largest absolute Gasteiger partial charge is 0.480 e. The third-order valence-corrected chi connectivity index (χ3v) is 22.9. The minimum Gasteiger partial charge on any atom is -0.480 e. The van der Waals surface area contributed by atoms with Crippen LogP contribution in [0.5, 0.6) is 0 Å². The second-order valence-corrected chi connectivity index (χ2v) is 31.9. The second kappa shape index (κ2) is 49.5. The number of aliphatic hydroxyl groups excluding tert-OH is 10. The quantitative estimate of drug-likeness (QED) is 0.0199. The van der Waals surface area contributed by atoms with E-state index in [-0.39, 0.29) is 58.8 Å². The molecule has 0 aromatic carbocycles. The highest BCUT2D eigenvalue weighted by Crippen LogP contribution is 2.32. The summed E-state index contributed by atoms with van der Waals surface area (Å²) in [6.45, 7) is -3.28. The van der Waals surface area contributed by atoms with Gasteiger partial charge in [-0.25, -0.2) is 0 Å². The van der Waals surface area contributed by atoms with Gasteiger partial charge in [0.15, 0.2) is 18.9 Å². The van der Waals surface area contributed by atoms with Crippen molar-refractivity contribution in [2.75, 3.05) is 116 Å². The lowest BCUT2D eigenvalue weighted by Gasteiger charge is -2.42. The van der Waals surface area contributed by atoms with Gasteiger partial charge in [0.1, 0.15) is 104 Å².